The molecule has 12 rings (SSSR count). The van der Waals surface area contributed by atoms with Gasteiger partial charge in [0.1, 0.15) is 27.8 Å². The third-order valence-corrected chi connectivity index (χ3v) is 10.8. The molecule has 0 bridgehead atoms. The average Bonchev–Trinajstić information content (AvgIpc) is 4.00. The summed E-state index contributed by atoms with van der Waals surface area (Å²) in [5.41, 5.74) is 10.3. The van der Waals surface area contributed by atoms with Crippen LogP contribution in [0.3, 0.4) is 0 Å². The van der Waals surface area contributed by atoms with Gasteiger partial charge >= 0.3 is 0 Å². The van der Waals surface area contributed by atoms with Crippen molar-refractivity contribution in [3.63, 3.8) is 0 Å². The highest BCUT2D eigenvalue weighted by Crippen LogP contribution is 2.41. The first-order chi connectivity index (χ1) is 28.2. The third kappa shape index (κ3) is 5.06. The van der Waals surface area contributed by atoms with E-state index in [4.69, 9.17) is 33.2 Å². The van der Waals surface area contributed by atoms with E-state index < -0.39 is 0 Å². The smallest absolute Gasteiger partial charge is 0.227 e. The van der Waals surface area contributed by atoms with Gasteiger partial charge in [-0.1, -0.05) is 121 Å². The van der Waals surface area contributed by atoms with Crippen LogP contribution >= 0.6 is 0 Å². The Morgan fingerprint density at radius 1 is 0.316 bits per heavy atom. The molecule has 0 radical (unpaired) electrons. The van der Waals surface area contributed by atoms with E-state index in [0.29, 0.717) is 28.9 Å². The molecule has 0 aliphatic carbocycles. The molecule has 0 saturated heterocycles. The molecule has 8 aromatic carbocycles. The molecule has 0 unspecified atom stereocenters. The molecule has 57 heavy (non-hydrogen) atoms. The summed E-state index contributed by atoms with van der Waals surface area (Å²) < 4.78 is 19.0. The first kappa shape index (κ1) is 31.5. The summed E-state index contributed by atoms with van der Waals surface area (Å²) in [5.74, 6) is 2.25. The number of para-hydroxylation sites is 1. The molecule has 0 spiro atoms. The van der Waals surface area contributed by atoms with Gasteiger partial charge in [-0.15, -0.1) is 0 Å². The molecule has 0 N–H and O–H groups in total. The van der Waals surface area contributed by atoms with E-state index in [1.807, 2.05) is 97.1 Å². The summed E-state index contributed by atoms with van der Waals surface area (Å²) in [6.07, 6.45) is 0. The largest absolute Gasteiger partial charge is 0.456 e. The van der Waals surface area contributed by atoms with Crippen LogP contribution in [0.1, 0.15) is 0 Å². The predicted molar refractivity (Wildman–Crippen MR) is 227 cm³/mol. The van der Waals surface area contributed by atoms with Crippen LogP contribution in [-0.2, 0) is 0 Å². The number of furan rings is 2. The Labute approximate surface area is 324 Å². The lowest BCUT2D eigenvalue weighted by Crippen LogP contribution is -2.00. The zero-order valence-electron chi connectivity index (χ0n) is 30.2. The van der Waals surface area contributed by atoms with Gasteiger partial charge in [-0.2, -0.15) is 0 Å². The molecule has 0 amide bonds. The Balaban J connectivity index is 1.08. The first-order valence-corrected chi connectivity index (χ1v) is 18.8. The van der Waals surface area contributed by atoms with Crippen molar-refractivity contribution in [3.8, 4) is 56.7 Å². The summed E-state index contributed by atoms with van der Waals surface area (Å²) >= 11 is 0. The van der Waals surface area contributed by atoms with Crippen LogP contribution in [0.25, 0.3) is 122 Å². The van der Waals surface area contributed by atoms with E-state index in [1.165, 1.54) is 0 Å². The maximum Gasteiger partial charge on any atom is 0.227 e. The van der Waals surface area contributed by atoms with Crippen molar-refractivity contribution < 1.29 is 13.3 Å². The second-order valence-electron chi connectivity index (χ2n) is 14.2. The zero-order chi connectivity index (χ0) is 37.5. The number of nitrogens with zero attached hydrogens (tertiary/aromatic N) is 4. The normalized spacial score (nSPS) is 11.9. The highest BCUT2D eigenvalue weighted by atomic mass is 16.4. The van der Waals surface area contributed by atoms with Crippen molar-refractivity contribution >= 4 is 65.7 Å². The van der Waals surface area contributed by atoms with E-state index >= 15 is 0 Å². The van der Waals surface area contributed by atoms with Gasteiger partial charge in [-0.3, -0.25) is 0 Å². The molecule has 266 valence electrons. The molecular weight excluding hydrogens is 705 g/mol. The van der Waals surface area contributed by atoms with Gasteiger partial charge in [0, 0.05) is 38.4 Å². The Morgan fingerprint density at radius 3 is 1.74 bits per heavy atom. The summed E-state index contributed by atoms with van der Waals surface area (Å²) in [7, 11) is 0. The number of fused-ring (bicyclic) bond motifs is 10. The van der Waals surface area contributed by atoms with E-state index in [1.54, 1.807) is 0 Å². The monoisotopic (exact) mass is 732 g/mol. The molecule has 7 heteroatoms. The number of benzene rings is 8. The third-order valence-electron chi connectivity index (χ3n) is 10.8. The van der Waals surface area contributed by atoms with Crippen LogP contribution in [0, 0.1) is 0 Å². The van der Waals surface area contributed by atoms with Crippen molar-refractivity contribution in [1.29, 1.82) is 0 Å². The highest BCUT2D eigenvalue weighted by Gasteiger charge is 2.21. The molecule has 7 nitrogen and oxygen atoms in total. The van der Waals surface area contributed by atoms with Crippen molar-refractivity contribution in [2.45, 2.75) is 0 Å². The summed E-state index contributed by atoms with van der Waals surface area (Å²) in [6, 6.07) is 57.1. The zero-order valence-corrected chi connectivity index (χ0v) is 30.2. The van der Waals surface area contributed by atoms with Gasteiger partial charge in [-0.25, -0.2) is 19.9 Å². The number of oxazole rings is 1. The maximum atomic E-state index is 6.46. The van der Waals surface area contributed by atoms with E-state index in [-0.39, 0.29) is 0 Å². The van der Waals surface area contributed by atoms with Crippen LogP contribution in [0.2, 0.25) is 0 Å². The second kappa shape index (κ2) is 12.3. The molecular formula is C50H28N4O3. The Kier molecular flexibility index (Phi) is 6.79. The Bertz CT molecular complexity index is 3510. The molecule has 4 heterocycles. The minimum absolute atomic E-state index is 0.552. The van der Waals surface area contributed by atoms with Gasteiger partial charge in [-0.05, 0) is 70.4 Å². The van der Waals surface area contributed by atoms with Crippen LogP contribution in [0.4, 0.5) is 0 Å². The highest BCUT2D eigenvalue weighted by molar-refractivity contribution is 6.25. The van der Waals surface area contributed by atoms with Crippen molar-refractivity contribution in [2.24, 2.45) is 0 Å². The van der Waals surface area contributed by atoms with E-state index in [0.717, 1.165) is 93.5 Å². The van der Waals surface area contributed by atoms with Crippen LogP contribution in [0.15, 0.2) is 183 Å². The lowest BCUT2D eigenvalue weighted by molar-refractivity contribution is 0.619. The fraction of sp³-hybridized carbons (Fsp3) is 0. The topological polar surface area (TPSA) is 91.0 Å². The number of rotatable bonds is 5. The lowest BCUT2D eigenvalue weighted by atomic mass is 10.0. The van der Waals surface area contributed by atoms with Crippen molar-refractivity contribution in [3.05, 3.63) is 170 Å². The molecule has 0 saturated carbocycles. The summed E-state index contributed by atoms with van der Waals surface area (Å²) in [4.78, 5) is 20.5. The fourth-order valence-corrected chi connectivity index (χ4v) is 8.06. The van der Waals surface area contributed by atoms with Crippen molar-refractivity contribution in [2.75, 3.05) is 0 Å². The van der Waals surface area contributed by atoms with E-state index in [9.17, 15) is 0 Å². The van der Waals surface area contributed by atoms with Gasteiger partial charge in [0.2, 0.25) is 5.89 Å². The van der Waals surface area contributed by atoms with Gasteiger partial charge in [0.25, 0.3) is 0 Å². The molecule has 0 atom stereocenters. The first-order valence-electron chi connectivity index (χ1n) is 18.8. The number of aromatic nitrogens is 4. The standard InChI is InChI=1S/C50H28N4O3/c1-3-10-29(11-4-1)30-18-21-32(22-19-30)47-52-48(54-49(53-47)36-15-9-17-39-43(36)35-14-7-8-16-38(35)55-39)34-23-20-31-24-25-40-44(37(31)28-34)45-41(56-40)26-27-42-46(45)51-50(57-42)33-12-5-2-6-13-33/h1-28H. The predicted octanol–water partition coefficient (Wildman–Crippen LogP) is 13.3. The second-order valence-corrected chi connectivity index (χ2v) is 14.2. The van der Waals surface area contributed by atoms with E-state index in [2.05, 4.69) is 72.8 Å². The Hall–Kier alpha value is -7.90. The molecule has 0 aliphatic heterocycles. The number of hydrogen-bond acceptors (Lipinski definition) is 7. The van der Waals surface area contributed by atoms with Gasteiger partial charge < -0.3 is 13.3 Å². The molecule has 0 fully saturated rings. The maximum absolute atomic E-state index is 6.46. The molecule has 0 aliphatic rings. The summed E-state index contributed by atoms with van der Waals surface area (Å²) in [6.45, 7) is 0. The minimum atomic E-state index is 0.552. The molecule has 12 aromatic rings. The minimum Gasteiger partial charge on any atom is -0.456 e. The lowest BCUT2D eigenvalue weighted by Gasteiger charge is -2.11. The summed E-state index contributed by atoms with van der Waals surface area (Å²) in [5, 5.41) is 5.90. The fourth-order valence-electron chi connectivity index (χ4n) is 8.06. The van der Waals surface area contributed by atoms with Gasteiger partial charge in [0.15, 0.2) is 23.1 Å². The quantitative estimate of drug-likeness (QED) is 0.174. The molecule has 4 aromatic heterocycles. The Morgan fingerprint density at radius 2 is 0.895 bits per heavy atom. The van der Waals surface area contributed by atoms with Crippen LogP contribution in [-0.4, -0.2) is 19.9 Å². The van der Waals surface area contributed by atoms with Crippen LogP contribution < -0.4 is 0 Å². The van der Waals surface area contributed by atoms with Crippen molar-refractivity contribution in [1.82, 2.24) is 19.9 Å². The average molecular weight is 733 g/mol. The number of hydrogen-bond donors (Lipinski definition) is 0. The SMILES string of the molecule is c1ccc(-c2ccc(-c3nc(-c4ccc5ccc6oc7ccc8oc(-c9ccccc9)nc8c7c6c5c4)nc(-c4cccc5oc6ccccc6c45)n3)cc2)cc1. The van der Waals surface area contributed by atoms with Gasteiger partial charge in [0.05, 0.1) is 5.39 Å². The van der Waals surface area contributed by atoms with Crippen LogP contribution in [0.5, 0.6) is 0 Å².